The minimum Gasteiger partial charge on any atom is -0.444 e. The number of ether oxygens (including phenoxy) is 2. The fourth-order valence-corrected chi connectivity index (χ4v) is 10.4. The predicted molar refractivity (Wildman–Crippen MR) is 290 cm³/mol. The van der Waals surface area contributed by atoms with E-state index in [-0.39, 0.29) is 22.7 Å². The number of carbonyl (C=O) groups excluding carboxylic acids is 2. The van der Waals surface area contributed by atoms with Crippen molar-refractivity contribution in [1.82, 2.24) is 0 Å². The minimum absolute atomic E-state index is 0.0949. The Morgan fingerprint density at radius 1 is 0.600 bits per heavy atom. The van der Waals surface area contributed by atoms with E-state index in [1.165, 1.54) is 79.5 Å². The molecule has 366 valence electrons. The highest BCUT2D eigenvalue weighted by Gasteiger charge is 2.23. The molecule has 2 amide bonds. The van der Waals surface area contributed by atoms with Crippen LogP contribution in [0.1, 0.15) is 58.2 Å². The van der Waals surface area contributed by atoms with Crippen molar-refractivity contribution in [2.75, 3.05) is 10.6 Å². The van der Waals surface area contributed by atoms with Gasteiger partial charge in [0.25, 0.3) is 11.4 Å². The number of halogens is 1. The molecule has 7 aromatic rings. The van der Waals surface area contributed by atoms with Gasteiger partial charge in [-0.05, 0) is 127 Å². The summed E-state index contributed by atoms with van der Waals surface area (Å²) in [5.41, 5.74) is 3.21. The van der Waals surface area contributed by atoms with E-state index >= 15 is 0 Å². The van der Waals surface area contributed by atoms with Crippen LogP contribution in [0.15, 0.2) is 149 Å². The summed E-state index contributed by atoms with van der Waals surface area (Å²) in [6, 6.07) is 43.1. The van der Waals surface area contributed by atoms with E-state index in [0.717, 1.165) is 10.4 Å². The SMILES string of the molecule is CC(C)(C)OC(=O)Nc1ccc(-c2cccs2)cc1[N+](=O)[O-].CC(C)(C)OC(=O)Nc1ccc(Br)cc1[N+](=O)[O-].Cc1cccc(P(c2cccc(C)c2)c2cccc(C)c2)c1.OB(O)c1cccs1. The van der Waals surface area contributed by atoms with Gasteiger partial charge in [-0.1, -0.05) is 130 Å². The Labute approximate surface area is 426 Å². The minimum atomic E-state index is -1.30. The first-order chi connectivity index (χ1) is 32.9. The molecule has 4 N–H and O–H groups in total. The first-order valence-corrected chi connectivity index (χ1v) is 25.4. The Bertz CT molecular complexity index is 2750. The van der Waals surface area contributed by atoms with Gasteiger partial charge in [-0.2, -0.15) is 11.3 Å². The second-order valence-corrected chi connectivity index (χ2v) is 22.4. The highest BCUT2D eigenvalue weighted by atomic mass is 79.9. The number of benzene rings is 5. The van der Waals surface area contributed by atoms with Crippen molar-refractivity contribution >= 4 is 109 Å². The predicted octanol–water partition coefficient (Wildman–Crippen LogP) is 12.2. The topological polar surface area (TPSA) is 203 Å². The van der Waals surface area contributed by atoms with E-state index in [1.807, 2.05) is 17.5 Å². The summed E-state index contributed by atoms with van der Waals surface area (Å²) >= 11 is 5.95. The zero-order valence-electron chi connectivity index (χ0n) is 40.1. The number of thiophene rings is 2. The van der Waals surface area contributed by atoms with Crippen LogP contribution >= 0.6 is 46.5 Å². The van der Waals surface area contributed by atoms with E-state index in [9.17, 15) is 29.8 Å². The van der Waals surface area contributed by atoms with E-state index in [2.05, 4.69) is 120 Å². The lowest BCUT2D eigenvalue weighted by Crippen LogP contribution is -2.27. The second-order valence-electron chi connectivity index (χ2n) is 17.4. The third-order valence-electron chi connectivity index (χ3n) is 9.01. The quantitative estimate of drug-likeness (QED) is 0.0466. The highest BCUT2D eigenvalue weighted by molar-refractivity contribution is 9.10. The Morgan fingerprint density at radius 3 is 1.39 bits per heavy atom. The van der Waals surface area contributed by atoms with Gasteiger partial charge in [-0.15, -0.1) is 11.3 Å². The lowest BCUT2D eigenvalue weighted by atomic mass is 9.90. The first kappa shape index (κ1) is 56.3. The third-order valence-corrected chi connectivity index (χ3v) is 13.7. The molecule has 0 unspecified atom stereocenters. The fourth-order valence-electron chi connectivity index (χ4n) is 6.16. The van der Waals surface area contributed by atoms with Crippen molar-refractivity contribution in [2.45, 2.75) is 73.5 Å². The summed E-state index contributed by atoms with van der Waals surface area (Å²) in [6.45, 7) is 16.8. The van der Waals surface area contributed by atoms with Gasteiger partial charge >= 0.3 is 19.3 Å². The Hall–Kier alpha value is -6.27. The number of anilines is 2. The Kier molecular flexibility index (Phi) is 21.0. The molecule has 0 saturated heterocycles. The van der Waals surface area contributed by atoms with Crippen LogP contribution in [0.5, 0.6) is 0 Å². The molecule has 14 nitrogen and oxygen atoms in total. The smallest absolute Gasteiger partial charge is 0.444 e. The fraction of sp³-hybridized carbons (Fsp3) is 0.216. The molecule has 0 radical (unpaired) electrons. The molecule has 0 saturated carbocycles. The van der Waals surface area contributed by atoms with Crippen molar-refractivity contribution in [3.63, 3.8) is 0 Å². The maximum Gasteiger partial charge on any atom is 0.499 e. The van der Waals surface area contributed by atoms with Gasteiger partial charge in [0.2, 0.25) is 0 Å². The number of hydrogen-bond acceptors (Lipinski definition) is 12. The zero-order chi connectivity index (χ0) is 51.8. The van der Waals surface area contributed by atoms with Gasteiger partial charge < -0.3 is 19.5 Å². The van der Waals surface area contributed by atoms with Gasteiger partial charge in [-0.3, -0.25) is 30.9 Å². The van der Waals surface area contributed by atoms with Gasteiger partial charge in [0.1, 0.15) is 22.6 Å². The van der Waals surface area contributed by atoms with E-state index in [4.69, 9.17) is 19.5 Å². The molecule has 0 spiro atoms. The van der Waals surface area contributed by atoms with Crippen molar-refractivity contribution in [3.8, 4) is 10.4 Å². The summed E-state index contributed by atoms with van der Waals surface area (Å²) in [5, 5.41) is 51.8. The number of nitro groups is 2. The van der Waals surface area contributed by atoms with Crippen LogP contribution in [-0.2, 0) is 9.47 Å². The molecule has 0 aliphatic heterocycles. The number of nitro benzene ring substituents is 2. The molecule has 0 aliphatic carbocycles. The van der Waals surface area contributed by atoms with Crippen LogP contribution in [0.25, 0.3) is 10.4 Å². The summed E-state index contributed by atoms with van der Waals surface area (Å²) in [5.74, 6) is 0. The zero-order valence-corrected chi connectivity index (χ0v) is 44.2. The van der Waals surface area contributed by atoms with Crippen molar-refractivity contribution in [2.24, 2.45) is 0 Å². The van der Waals surface area contributed by atoms with Crippen LogP contribution < -0.4 is 31.3 Å². The summed E-state index contributed by atoms with van der Waals surface area (Å²) in [6.07, 6.45) is -1.45. The molecule has 70 heavy (non-hydrogen) atoms. The monoisotopic (exact) mass is 1070 g/mol. The lowest BCUT2D eigenvalue weighted by Gasteiger charge is -2.20. The van der Waals surface area contributed by atoms with Gasteiger partial charge in [0, 0.05) is 26.3 Å². The molecular formula is C51H55BBrN4O10PS2. The molecule has 19 heteroatoms. The van der Waals surface area contributed by atoms with Gasteiger partial charge in [0.05, 0.1) is 9.85 Å². The van der Waals surface area contributed by atoms with Crippen LogP contribution in [0, 0.1) is 41.0 Å². The molecule has 0 aliphatic rings. The molecule has 0 fully saturated rings. The number of aryl methyl sites for hydroxylation is 3. The summed E-state index contributed by atoms with van der Waals surface area (Å²) < 4.78 is 11.3. The van der Waals surface area contributed by atoms with E-state index < -0.39 is 48.3 Å². The number of amides is 2. The second kappa shape index (κ2) is 26.1. The molecule has 2 heterocycles. The molecule has 7 rings (SSSR count). The normalized spacial score (nSPS) is 10.8. The molecular weight excluding hydrogens is 1010 g/mol. The van der Waals surface area contributed by atoms with Gasteiger partial charge in [0.15, 0.2) is 0 Å². The van der Waals surface area contributed by atoms with Crippen molar-refractivity contribution in [3.05, 3.63) is 186 Å². The molecule has 0 bridgehead atoms. The standard InChI is InChI=1S/C21H21P.C15H16N2O4S.C11H13BrN2O4.C4H5BO2S/c1-16-7-4-10-19(13-16)22(20-11-5-8-17(2)14-20)21-12-6-9-18(3)15-21;1-15(2,3)21-14(18)16-11-7-6-10(9-12(11)17(19)20)13-5-4-8-22-13;1-11(2,3)18-10(15)13-8-5-4-7(12)6-9(8)14(16)17;6-5(7)4-2-1-3-8-4/h4-15H,1-3H3;4-9H,1-3H3,(H,16,18);4-6H,1-3H3,(H,13,15);1-3,6-7H. The number of hydrogen-bond donors (Lipinski definition) is 4. The molecule has 0 atom stereocenters. The first-order valence-electron chi connectivity index (χ1n) is 21.5. The third kappa shape index (κ3) is 18.9. The maximum atomic E-state index is 11.8. The van der Waals surface area contributed by atoms with E-state index in [0.29, 0.717) is 9.25 Å². The van der Waals surface area contributed by atoms with Crippen LogP contribution in [0.4, 0.5) is 32.3 Å². The number of carbonyl (C=O) groups is 2. The summed E-state index contributed by atoms with van der Waals surface area (Å²) in [4.78, 5) is 45.2. The lowest BCUT2D eigenvalue weighted by molar-refractivity contribution is -0.384. The van der Waals surface area contributed by atoms with Gasteiger partial charge in [-0.25, -0.2) is 9.59 Å². The Morgan fingerprint density at radius 2 is 1.03 bits per heavy atom. The largest absolute Gasteiger partial charge is 0.499 e. The number of nitrogens with zero attached hydrogens (tertiary/aromatic N) is 2. The molecule has 5 aromatic carbocycles. The van der Waals surface area contributed by atoms with Crippen molar-refractivity contribution < 1.29 is 39.0 Å². The number of nitrogens with one attached hydrogen (secondary N) is 2. The van der Waals surface area contributed by atoms with E-state index in [1.54, 1.807) is 71.2 Å². The maximum absolute atomic E-state index is 11.8. The number of rotatable bonds is 9. The van der Waals surface area contributed by atoms with Crippen LogP contribution in [0.2, 0.25) is 0 Å². The average Bonchev–Trinajstić information content (AvgIpc) is 4.01. The Balaban J connectivity index is 0.000000212. The highest BCUT2D eigenvalue weighted by Crippen LogP contribution is 2.35. The molecule has 2 aromatic heterocycles. The van der Waals surface area contributed by atoms with Crippen LogP contribution in [-0.4, -0.2) is 50.4 Å². The average molecular weight is 1070 g/mol. The summed E-state index contributed by atoms with van der Waals surface area (Å²) in [7, 11) is -1.79. The van der Waals surface area contributed by atoms with Crippen molar-refractivity contribution in [1.29, 1.82) is 0 Å². The van der Waals surface area contributed by atoms with Crippen LogP contribution in [0.3, 0.4) is 0 Å².